The highest BCUT2D eigenvalue weighted by Crippen LogP contribution is 2.12. The molecule has 5 heteroatoms. The van der Waals surface area contributed by atoms with E-state index >= 15 is 0 Å². The lowest BCUT2D eigenvalue weighted by Crippen LogP contribution is -2.11. The Labute approximate surface area is 111 Å². The van der Waals surface area contributed by atoms with E-state index in [1.807, 2.05) is 0 Å². The minimum Gasteiger partial charge on any atom is -0.379 e. The Bertz CT molecular complexity index is 560. The second-order valence-corrected chi connectivity index (χ2v) is 4.42. The zero-order valence-electron chi connectivity index (χ0n) is 10.9. The minimum absolute atomic E-state index is 0.408. The molecule has 19 heavy (non-hydrogen) atoms. The molecule has 100 valence electrons. The molecule has 0 aliphatic carbocycles. The van der Waals surface area contributed by atoms with Gasteiger partial charge in [-0.1, -0.05) is 6.07 Å². The molecule has 0 bridgehead atoms. The first-order chi connectivity index (χ1) is 9.18. The summed E-state index contributed by atoms with van der Waals surface area (Å²) in [6.45, 7) is 3.11. The van der Waals surface area contributed by atoms with E-state index in [-0.39, 0.29) is 0 Å². The maximum absolute atomic E-state index is 11.0. The Hall–Kier alpha value is -2.01. The Kier molecular flexibility index (Phi) is 4.41. The molecule has 1 fully saturated rings. The largest absolute Gasteiger partial charge is 0.379 e. The number of fused-ring (bicyclic) bond motifs is 1. The molecule has 3 rings (SSSR count). The molecule has 1 aliphatic heterocycles. The van der Waals surface area contributed by atoms with Crippen molar-refractivity contribution in [3.05, 3.63) is 36.2 Å². The van der Waals surface area contributed by atoms with Gasteiger partial charge in [0.25, 0.3) is 5.91 Å². The molecule has 1 unspecified atom stereocenters. The summed E-state index contributed by atoms with van der Waals surface area (Å²) in [5.74, 6) is -0.480. The number of aromatic nitrogens is 2. The van der Waals surface area contributed by atoms with Crippen LogP contribution < -0.4 is 5.73 Å². The number of nitrogens with two attached hydrogens (primary N) is 1. The van der Waals surface area contributed by atoms with Crippen LogP contribution in [0.3, 0.4) is 0 Å². The van der Waals surface area contributed by atoms with Crippen LogP contribution in [0.25, 0.3) is 11.0 Å². The zero-order valence-corrected chi connectivity index (χ0v) is 10.9. The van der Waals surface area contributed by atoms with Crippen LogP contribution in [-0.2, 0) is 4.74 Å². The predicted octanol–water partition coefficient (Wildman–Crippen LogP) is 1.91. The summed E-state index contributed by atoms with van der Waals surface area (Å²) in [7, 11) is 0. The second-order valence-electron chi connectivity index (χ2n) is 4.42. The molecule has 1 aromatic carbocycles. The maximum atomic E-state index is 11.0. The average Bonchev–Trinajstić information content (AvgIpc) is 2.90. The van der Waals surface area contributed by atoms with Gasteiger partial charge >= 0.3 is 0 Å². The summed E-state index contributed by atoms with van der Waals surface area (Å²) in [5, 5.41) is 0. The first kappa shape index (κ1) is 13.4. The van der Waals surface area contributed by atoms with E-state index < -0.39 is 5.91 Å². The number of ether oxygens (including phenoxy) is 1. The van der Waals surface area contributed by atoms with Gasteiger partial charge in [0.05, 0.1) is 17.2 Å². The second kappa shape index (κ2) is 6.24. The van der Waals surface area contributed by atoms with E-state index in [2.05, 4.69) is 16.9 Å². The van der Waals surface area contributed by atoms with E-state index in [1.165, 1.54) is 19.0 Å². The van der Waals surface area contributed by atoms with Crippen molar-refractivity contribution in [2.75, 3.05) is 6.61 Å². The Balaban J connectivity index is 0.000000186. The smallest absolute Gasteiger partial charge is 0.250 e. The van der Waals surface area contributed by atoms with Crippen molar-refractivity contribution < 1.29 is 9.53 Å². The monoisotopic (exact) mass is 259 g/mol. The van der Waals surface area contributed by atoms with Crippen LogP contribution in [0.5, 0.6) is 0 Å². The molecule has 5 nitrogen and oxygen atoms in total. The lowest BCUT2D eigenvalue weighted by molar-refractivity contribution is 0.100. The maximum Gasteiger partial charge on any atom is 0.250 e. The number of para-hydroxylation sites is 1. The van der Waals surface area contributed by atoms with Crippen molar-refractivity contribution in [2.45, 2.75) is 25.9 Å². The van der Waals surface area contributed by atoms with Crippen molar-refractivity contribution in [2.24, 2.45) is 5.73 Å². The third kappa shape index (κ3) is 3.48. The normalized spacial score (nSPS) is 17.8. The van der Waals surface area contributed by atoms with Crippen molar-refractivity contribution in [3.63, 3.8) is 0 Å². The summed E-state index contributed by atoms with van der Waals surface area (Å²) < 4.78 is 5.15. The molecule has 2 aromatic rings. The number of primary amides is 1. The first-order valence-electron chi connectivity index (χ1n) is 6.29. The highest BCUT2D eigenvalue weighted by molar-refractivity contribution is 6.03. The number of hydrogen-bond acceptors (Lipinski definition) is 4. The fourth-order valence-corrected chi connectivity index (χ4v) is 1.93. The fourth-order valence-electron chi connectivity index (χ4n) is 1.93. The van der Waals surface area contributed by atoms with Gasteiger partial charge in [-0.05, 0) is 31.9 Å². The number of nitrogens with zero attached hydrogens (tertiary/aromatic N) is 2. The minimum atomic E-state index is -0.480. The van der Waals surface area contributed by atoms with Crippen LogP contribution in [-0.4, -0.2) is 28.6 Å². The predicted molar refractivity (Wildman–Crippen MR) is 72.7 cm³/mol. The zero-order chi connectivity index (χ0) is 13.7. The van der Waals surface area contributed by atoms with Gasteiger partial charge < -0.3 is 10.5 Å². The molecular formula is C14H17N3O2. The molecule has 0 saturated carbocycles. The van der Waals surface area contributed by atoms with Gasteiger partial charge in [0.1, 0.15) is 5.52 Å². The molecule has 0 spiro atoms. The molecular weight excluding hydrogens is 242 g/mol. The number of hydrogen-bond donors (Lipinski definition) is 1. The van der Waals surface area contributed by atoms with Crippen molar-refractivity contribution in [1.82, 2.24) is 9.97 Å². The van der Waals surface area contributed by atoms with Crippen LogP contribution >= 0.6 is 0 Å². The summed E-state index contributed by atoms with van der Waals surface area (Å²) in [6.07, 6.45) is 6.19. The first-order valence-corrected chi connectivity index (χ1v) is 6.29. The summed E-state index contributed by atoms with van der Waals surface area (Å²) in [4.78, 5) is 19.1. The van der Waals surface area contributed by atoms with Gasteiger partial charge in [-0.15, -0.1) is 0 Å². The highest BCUT2D eigenvalue weighted by Gasteiger charge is 2.07. The fraction of sp³-hybridized carbons (Fsp3) is 0.357. The Morgan fingerprint density at radius 2 is 2.16 bits per heavy atom. The lowest BCUT2D eigenvalue weighted by atomic mass is 10.1. The molecule has 1 atom stereocenters. The van der Waals surface area contributed by atoms with Crippen LogP contribution in [0.2, 0.25) is 0 Å². The lowest BCUT2D eigenvalue weighted by Gasteiger charge is -1.99. The van der Waals surface area contributed by atoms with E-state index in [1.54, 1.807) is 24.4 Å². The van der Waals surface area contributed by atoms with Gasteiger partial charge in [0, 0.05) is 19.0 Å². The molecule has 1 amide bonds. The van der Waals surface area contributed by atoms with Gasteiger partial charge in [-0.2, -0.15) is 0 Å². The molecule has 2 heterocycles. The van der Waals surface area contributed by atoms with E-state index in [9.17, 15) is 4.79 Å². The summed E-state index contributed by atoms with van der Waals surface area (Å²) in [6, 6.07) is 5.16. The van der Waals surface area contributed by atoms with Gasteiger partial charge in [-0.25, -0.2) is 0 Å². The Morgan fingerprint density at radius 3 is 2.74 bits per heavy atom. The van der Waals surface area contributed by atoms with Gasteiger partial charge in [0.15, 0.2) is 0 Å². The number of carbonyl (C=O) groups is 1. The summed E-state index contributed by atoms with van der Waals surface area (Å²) >= 11 is 0. The van der Waals surface area contributed by atoms with Gasteiger partial charge in [-0.3, -0.25) is 14.8 Å². The number of rotatable bonds is 1. The van der Waals surface area contributed by atoms with Crippen molar-refractivity contribution in [3.8, 4) is 0 Å². The third-order valence-electron chi connectivity index (χ3n) is 2.92. The van der Waals surface area contributed by atoms with Gasteiger partial charge in [0.2, 0.25) is 0 Å². The van der Waals surface area contributed by atoms with Crippen LogP contribution in [0.4, 0.5) is 0 Å². The molecule has 1 saturated heterocycles. The van der Waals surface area contributed by atoms with E-state index in [0.29, 0.717) is 22.7 Å². The molecule has 1 aromatic heterocycles. The molecule has 0 radical (unpaired) electrons. The molecule has 2 N–H and O–H groups in total. The van der Waals surface area contributed by atoms with Crippen molar-refractivity contribution in [1.29, 1.82) is 0 Å². The van der Waals surface area contributed by atoms with Crippen LogP contribution in [0.15, 0.2) is 30.6 Å². The highest BCUT2D eigenvalue weighted by atomic mass is 16.5. The quantitative estimate of drug-likeness (QED) is 0.848. The topological polar surface area (TPSA) is 78.1 Å². The van der Waals surface area contributed by atoms with E-state index in [0.717, 1.165) is 6.61 Å². The number of benzene rings is 1. The van der Waals surface area contributed by atoms with E-state index in [4.69, 9.17) is 10.5 Å². The number of carbonyl (C=O) groups excluding carboxylic acids is 1. The Morgan fingerprint density at radius 1 is 1.37 bits per heavy atom. The summed E-state index contributed by atoms with van der Waals surface area (Å²) in [5.41, 5.74) is 6.81. The third-order valence-corrected chi connectivity index (χ3v) is 2.92. The number of amides is 1. The van der Waals surface area contributed by atoms with Crippen LogP contribution in [0, 0.1) is 0 Å². The SMILES string of the molecule is CC1CCCO1.NC(=O)c1cccc2nccnc12. The molecule has 1 aliphatic rings. The standard InChI is InChI=1S/C9H7N3O.C5H10O/c10-9(13)6-2-1-3-7-8(6)12-5-4-11-7;1-5-3-2-4-6-5/h1-5H,(H2,10,13);5H,2-4H2,1H3. The van der Waals surface area contributed by atoms with Crippen molar-refractivity contribution >= 4 is 16.9 Å². The van der Waals surface area contributed by atoms with Crippen LogP contribution in [0.1, 0.15) is 30.1 Å². The average molecular weight is 259 g/mol.